The van der Waals surface area contributed by atoms with Crippen molar-refractivity contribution in [3.8, 4) is 0 Å². The Morgan fingerprint density at radius 3 is 1.76 bits per heavy atom. The van der Waals surface area contributed by atoms with Crippen molar-refractivity contribution in [1.82, 2.24) is 0 Å². The molecule has 0 spiro atoms. The van der Waals surface area contributed by atoms with E-state index in [0.29, 0.717) is 0 Å². The molecule has 0 atom stereocenters. The van der Waals surface area contributed by atoms with Gasteiger partial charge in [0.1, 0.15) is 13.1 Å². The molecule has 21 heavy (non-hydrogen) atoms. The van der Waals surface area contributed by atoms with Crippen molar-refractivity contribution in [3.05, 3.63) is 29.8 Å². The monoisotopic (exact) mass is 305 g/mol. The third-order valence-corrected chi connectivity index (χ3v) is 2.66. The maximum atomic E-state index is 12.5. The molecule has 0 aromatic heterocycles. The Kier molecular flexibility index (Phi) is 5.57. The van der Waals surface area contributed by atoms with Crippen LogP contribution in [-0.4, -0.2) is 39.2 Å². The second kappa shape index (κ2) is 6.96. The largest absolute Gasteiger partial charge is 0.468 e. The Balaban J connectivity index is 2.96. The molecule has 0 unspecified atom stereocenters. The minimum absolute atomic E-state index is 0.277. The Bertz CT molecular complexity index is 481. The second-order valence-electron chi connectivity index (χ2n) is 4.05. The molecule has 0 aliphatic heterocycles. The van der Waals surface area contributed by atoms with Gasteiger partial charge in [-0.05, 0) is 24.3 Å². The summed E-state index contributed by atoms with van der Waals surface area (Å²) in [6, 6.07) is 4.09. The van der Waals surface area contributed by atoms with Gasteiger partial charge in [0.05, 0.1) is 19.8 Å². The third-order valence-electron chi connectivity index (χ3n) is 2.66. The summed E-state index contributed by atoms with van der Waals surface area (Å²) >= 11 is 0. The van der Waals surface area contributed by atoms with Crippen molar-refractivity contribution >= 4 is 17.6 Å². The van der Waals surface area contributed by atoms with Gasteiger partial charge in [-0.2, -0.15) is 13.2 Å². The van der Waals surface area contributed by atoms with Gasteiger partial charge in [-0.15, -0.1) is 0 Å². The van der Waals surface area contributed by atoms with Crippen LogP contribution in [0.15, 0.2) is 24.3 Å². The standard InChI is InChI=1S/C13H14F3NO4/c1-20-11(18)7-17(8-12(19)21-2)10-5-3-9(4-6-10)13(14,15)16/h3-6H,7-8H2,1-2H3. The second-order valence-corrected chi connectivity index (χ2v) is 4.05. The van der Waals surface area contributed by atoms with Crippen LogP contribution >= 0.6 is 0 Å². The molecule has 0 heterocycles. The number of ether oxygens (including phenoxy) is 2. The molecule has 116 valence electrons. The highest BCUT2D eigenvalue weighted by molar-refractivity contribution is 5.81. The predicted molar refractivity (Wildman–Crippen MR) is 67.7 cm³/mol. The van der Waals surface area contributed by atoms with Crippen LogP contribution in [0.4, 0.5) is 18.9 Å². The van der Waals surface area contributed by atoms with Crippen LogP contribution in [0.3, 0.4) is 0 Å². The molecule has 0 amide bonds. The number of carbonyl (C=O) groups is 2. The molecule has 0 radical (unpaired) electrons. The van der Waals surface area contributed by atoms with Crippen LogP contribution in [-0.2, 0) is 25.2 Å². The first-order valence-corrected chi connectivity index (χ1v) is 5.83. The Hall–Kier alpha value is -2.25. The van der Waals surface area contributed by atoms with E-state index >= 15 is 0 Å². The van der Waals surface area contributed by atoms with E-state index in [2.05, 4.69) is 9.47 Å². The minimum Gasteiger partial charge on any atom is -0.468 e. The van der Waals surface area contributed by atoms with Gasteiger partial charge in [0, 0.05) is 5.69 Å². The van der Waals surface area contributed by atoms with E-state index in [1.165, 1.54) is 31.3 Å². The molecule has 0 aliphatic rings. The number of esters is 2. The lowest BCUT2D eigenvalue weighted by Crippen LogP contribution is -2.35. The molecule has 0 aliphatic carbocycles. The van der Waals surface area contributed by atoms with Gasteiger partial charge < -0.3 is 14.4 Å². The molecular formula is C13H14F3NO4. The van der Waals surface area contributed by atoms with Crippen molar-refractivity contribution in [2.24, 2.45) is 0 Å². The van der Waals surface area contributed by atoms with Crippen molar-refractivity contribution in [2.45, 2.75) is 6.18 Å². The molecule has 0 fully saturated rings. The van der Waals surface area contributed by atoms with Gasteiger partial charge in [-0.3, -0.25) is 9.59 Å². The fourth-order valence-corrected chi connectivity index (χ4v) is 1.54. The molecule has 1 rings (SSSR count). The van der Waals surface area contributed by atoms with Gasteiger partial charge in [-0.1, -0.05) is 0 Å². The number of carbonyl (C=O) groups excluding carboxylic acids is 2. The highest BCUT2D eigenvalue weighted by atomic mass is 19.4. The highest BCUT2D eigenvalue weighted by Crippen LogP contribution is 2.30. The lowest BCUT2D eigenvalue weighted by molar-refractivity contribution is -0.140. The summed E-state index contributed by atoms with van der Waals surface area (Å²) in [5, 5.41) is 0. The third kappa shape index (κ3) is 4.97. The minimum atomic E-state index is -4.45. The average Bonchev–Trinajstić information content (AvgIpc) is 2.45. The first-order valence-electron chi connectivity index (χ1n) is 5.83. The fourth-order valence-electron chi connectivity index (χ4n) is 1.54. The lowest BCUT2D eigenvalue weighted by Gasteiger charge is -2.22. The molecule has 0 bridgehead atoms. The lowest BCUT2D eigenvalue weighted by atomic mass is 10.2. The summed E-state index contributed by atoms with van der Waals surface area (Å²) in [7, 11) is 2.34. The zero-order valence-corrected chi connectivity index (χ0v) is 11.4. The Morgan fingerprint density at radius 2 is 1.43 bits per heavy atom. The summed E-state index contributed by atoms with van der Waals surface area (Å²) in [4.78, 5) is 23.9. The summed E-state index contributed by atoms with van der Waals surface area (Å²) in [5.41, 5.74) is -0.541. The summed E-state index contributed by atoms with van der Waals surface area (Å²) in [6.07, 6.45) is -4.45. The number of rotatable bonds is 5. The summed E-state index contributed by atoms with van der Waals surface area (Å²) in [6.45, 7) is -0.562. The molecule has 1 aromatic carbocycles. The van der Waals surface area contributed by atoms with Crippen LogP contribution in [0, 0.1) is 0 Å². The van der Waals surface area contributed by atoms with Crippen molar-refractivity contribution < 1.29 is 32.2 Å². The topological polar surface area (TPSA) is 55.8 Å². The molecule has 0 N–H and O–H groups in total. The quantitative estimate of drug-likeness (QED) is 0.777. The molecule has 0 saturated carbocycles. The van der Waals surface area contributed by atoms with Gasteiger partial charge in [0.2, 0.25) is 0 Å². The van der Waals surface area contributed by atoms with Gasteiger partial charge in [0.25, 0.3) is 0 Å². The number of benzene rings is 1. The summed E-state index contributed by atoms with van der Waals surface area (Å²) in [5.74, 6) is -1.25. The van der Waals surface area contributed by atoms with E-state index in [-0.39, 0.29) is 18.8 Å². The molecular weight excluding hydrogens is 291 g/mol. The zero-order chi connectivity index (χ0) is 16.0. The fraction of sp³-hybridized carbons (Fsp3) is 0.385. The van der Waals surface area contributed by atoms with Crippen LogP contribution < -0.4 is 4.90 Å². The Morgan fingerprint density at radius 1 is 1.00 bits per heavy atom. The first-order chi connectivity index (χ1) is 9.77. The van der Waals surface area contributed by atoms with E-state index in [9.17, 15) is 22.8 Å². The van der Waals surface area contributed by atoms with Crippen molar-refractivity contribution in [3.63, 3.8) is 0 Å². The van der Waals surface area contributed by atoms with Crippen LogP contribution in [0.5, 0.6) is 0 Å². The Labute approximate surface area is 119 Å². The molecule has 5 nitrogen and oxygen atoms in total. The van der Waals surface area contributed by atoms with Crippen LogP contribution in [0.25, 0.3) is 0 Å². The van der Waals surface area contributed by atoms with Crippen LogP contribution in [0.2, 0.25) is 0 Å². The number of alkyl halides is 3. The number of anilines is 1. The maximum absolute atomic E-state index is 12.5. The van der Waals surface area contributed by atoms with E-state index < -0.39 is 23.7 Å². The maximum Gasteiger partial charge on any atom is 0.416 e. The predicted octanol–water partition coefficient (Wildman–Crippen LogP) is 1.86. The van der Waals surface area contributed by atoms with E-state index in [4.69, 9.17) is 0 Å². The first kappa shape index (κ1) is 16.8. The van der Waals surface area contributed by atoms with E-state index in [1.807, 2.05) is 0 Å². The summed E-state index contributed by atoms with van der Waals surface area (Å²) < 4.78 is 46.4. The number of nitrogens with zero attached hydrogens (tertiary/aromatic N) is 1. The number of hydrogen-bond acceptors (Lipinski definition) is 5. The van der Waals surface area contributed by atoms with Gasteiger partial charge in [0.15, 0.2) is 0 Å². The van der Waals surface area contributed by atoms with Crippen LogP contribution in [0.1, 0.15) is 5.56 Å². The SMILES string of the molecule is COC(=O)CN(CC(=O)OC)c1ccc(C(F)(F)F)cc1. The van der Waals surface area contributed by atoms with Crippen molar-refractivity contribution in [1.29, 1.82) is 0 Å². The number of methoxy groups -OCH3 is 2. The smallest absolute Gasteiger partial charge is 0.416 e. The zero-order valence-electron chi connectivity index (χ0n) is 11.4. The molecule has 0 saturated heterocycles. The normalized spacial score (nSPS) is 10.9. The van der Waals surface area contributed by atoms with Crippen molar-refractivity contribution in [2.75, 3.05) is 32.2 Å². The average molecular weight is 305 g/mol. The van der Waals surface area contributed by atoms with E-state index in [1.54, 1.807) is 0 Å². The van der Waals surface area contributed by atoms with E-state index in [0.717, 1.165) is 12.1 Å². The van der Waals surface area contributed by atoms with Gasteiger partial charge >= 0.3 is 18.1 Å². The molecule has 1 aromatic rings. The highest BCUT2D eigenvalue weighted by Gasteiger charge is 2.30. The number of halogens is 3. The molecule has 8 heteroatoms. The number of hydrogen-bond donors (Lipinski definition) is 0. The van der Waals surface area contributed by atoms with Gasteiger partial charge in [-0.25, -0.2) is 0 Å².